The van der Waals surface area contributed by atoms with Gasteiger partial charge in [-0.2, -0.15) is 5.10 Å². The van der Waals surface area contributed by atoms with Gasteiger partial charge in [0.25, 0.3) is 11.7 Å². The molecule has 0 bridgehead atoms. The van der Waals surface area contributed by atoms with E-state index in [1.54, 1.807) is 4.68 Å². The molecule has 182 valence electrons. The lowest BCUT2D eigenvalue weighted by Crippen LogP contribution is -2.35. The number of likely N-dealkylation sites (N-methyl/N-ethyl adjacent to an activating group) is 1. The third-order valence-corrected chi connectivity index (χ3v) is 6.08. The predicted octanol–water partition coefficient (Wildman–Crippen LogP) is 3.56. The zero-order chi connectivity index (χ0) is 25.1. The van der Waals surface area contributed by atoms with Crippen molar-refractivity contribution in [2.75, 3.05) is 33.8 Å². The van der Waals surface area contributed by atoms with E-state index < -0.39 is 17.7 Å². The fourth-order valence-corrected chi connectivity index (χ4v) is 4.32. The summed E-state index contributed by atoms with van der Waals surface area (Å²) in [5, 5.41) is 15.9. The minimum atomic E-state index is -0.741. The fraction of sp³-hybridized carbons (Fsp3) is 0.296. The normalized spacial score (nSPS) is 17.4. The summed E-state index contributed by atoms with van der Waals surface area (Å²) < 4.78 is 7.35. The van der Waals surface area contributed by atoms with Crippen LogP contribution in [0.3, 0.4) is 0 Å². The third-order valence-electron chi connectivity index (χ3n) is 6.08. The number of carbonyl (C=O) groups excluding carboxylic acids is 2. The molecule has 1 saturated heterocycles. The Morgan fingerprint density at radius 1 is 1.11 bits per heavy atom. The Balaban J connectivity index is 1.85. The Morgan fingerprint density at radius 3 is 2.54 bits per heavy atom. The second kappa shape index (κ2) is 10.1. The lowest BCUT2D eigenvalue weighted by molar-refractivity contribution is -0.140. The molecule has 1 amide bonds. The Hall–Kier alpha value is -3.91. The average molecular weight is 475 g/mol. The molecule has 35 heavy (non-hydrogen) atoms. The Morgan fingerprint density at radius 2 is 1.86 bits per heavy atom. The highest BCUT2D eigenvalue weighted by Crippen LogP contribution is 2.40. The van der Waals surface area contributed by atoms with Crippen LogP contribution in [0.4, 0.5) is 0 Å². The Bertz CT molecular complexity index is 1260. The number of aliphatic hydroxyl groups is 1. The summed E-state index contributed by atoms with van der Waals surface area (Å²) >= 11 is 0. The summed E-state index contributed by atoms with van der Waals surface area (Å²) in [6.45, 7) is 5.10. The standard InChI is InChI=1S/C27H30N4O4/c1-5-35-21-13-9-10-19(16-21)24-23(26(33)27(34)30(24)15-14-29(3)4)25(32)22-17-28-31(18(22)2)20-11-7-6-8-12-20/h6-13,16-17,24,32H,5,14-15H2,1-4H3/b25-23+. The second-order valence-electron chi connectivity index (χ2n) is 8.69. The number of benzene rings is 2. The van der Waals surface area contributed by atoms with Gasteiger partial charge in [-0.15, -0.1) is 0 Å². The molecule has 0 saturated carbocycles. The number of aromatic nitrogens is 2. The predicted molar refractivity (Wildman–Crippen MR) is 133 cm³/mol. The van der Waals surface area contributed by atoms with E-state index in [4.69, 9.17) is 4.74 Å². The van der Waals surface area contributed by atoms with E-state index in [1.807, 2.05) is 87.4 Å². The SMILES string of the molecule is CCOc1cccc(C2/C(=C(\O)c3cnn(-c4ccccc4)c3C)C(=O)C(=O)N2CCN(C)C)c1. The fourth-order valence-electron chi connectivity index (χ4n) is 4.32. The van der Waals surface area contributed by atoms with Gasteiger partial charge in [0, 0.05) is 13.1 Å². The van der Waals surface area contributed by atoms with Gasteiger partial charge in [0.2, 0.25) is 0 Å². The molecule has 8 heteroatoms. The molecule has 1 aromatic heterocycles. The number of nitrogens with zero attached hydrogens (tertiary/aromatic N) is 4. The monoisotopic (exact) mass is 474 g/mol. The van der Waals surface area contributed by atoms with Crippen molar-refractivity contribution in [2.45, 2.75) is 19.9 Å². The molecular weight excluding hydrogens is 444 g/mol. The Kier molecular flexibility index (Phi) is 7.02. The van der Waals surface area contributed by atoms with Gasteiger partial charge in [0.05, 0.1) is 41.4 Å². The second-order valence-corrected chi connectivity index (χ2v) is 8.69. The van der Waals surface area contributed by atoms with Crippen LogP contribution in [0.15, 0.2) is 66.4 Å². The van der Waals surface area contributed by atoms with Crippen LogP contribution in [-0.2, 0) is 9.59 Å². The van der Waals surface area contributed by atoms with Gasteiger partial charge in [-0.1, -0.05) is 30.3 Å². The molecule has 0 spiro atoms. The van der Waals surface area contributed by atoms with Crippen molar-refractivity contribution in [1.82, 2.24) is 19.6 Å². The first kappa shape index (κ1) is 24.2. The van der Waals surface area contributed by atoms with Crippen molar-refractivity contribution in [3.63, 3.8) is 0 Å². The summed E-state index contributed by atoms with van der Waals surface area (Å²) in [6.07, 6.45) is 1.53. The minimum Gasteiger partial charge on any atom is -0.507 e. The molecule has 0 aliphatic carbocycles. The van der Waals surface area contributed by atoms with Crippen LogP contribution in [0.1, 0.15) is 29.8 Å². The van der Waals surface area contributed by atoms with Crippen LogP contribution in [0.5, 0.6) is 5.75 Å². The average Bonchev–Trinajstić information content (AvgIpc) is 3.35. The van der Waals surface area contributed by atoms with Crippen LogP contribution >= 0.6 is 0 Å². The van der Waals surface area contributed by atoms with E-state index in [1.165, 1.54) is 11.1 Å². The number of carbonyl (C=O) groups is 2. The molecule has 1 aliphatic rings. The maximum absolute atomic E-state index is 13.3. The van der Waals surface area contributed by atoms with E-state index >= 15 is 0 Å². The summed E-state index contributed by atoms with van der Waals surface area (Å²) in [7, 11) is 3.81. The van der Waals surface area contributed by atoms with Crippen molar-refractivity contribution >= 4 is 17.4 Å². The molecule has 1 aliphatic heterocycles. The first-order chi connectivity index (χ1) is 16.8. The number of amides is 1. The van der Waals surface area contributed by atoms with Crippen molar-refractivity contribution in [3.05, 3.63) is 83.2 Å². The highest BCUT2D eigenvalue weighted by molar-refractivity contribution is 6.46. The van der Waals surface area contributed by atoms with Crippen LogP contribution < -0.4 is 4.74 Å². The van der Waals surface area contributed by atoms with Crippen molar-refractivity contribution in [3.8, 4) is 11.4 Å². The quantitative estimate of drug-likeness (QED) is 0.305. The van der Waals surface area contributed by atoms with Gasteiger partial charge < -0.3 is 19.6 Å². The van der Waals surface area contributed by atoms with Crippen molar-refractivity contribution in [2.24, 2.45) is 0 Å². The number of Topliss-reactive ketones (excluding diaryl/α,β-unsaturated/α-hetero) is 1. The lowest BCUT2D eigenvalue weighted by atomic mass is 9.95. The molecule has 1 unspecified atom stereocenters. The molecule has 2 aromatic carbocycles. The molecule has 1 atom stereocenters. The van der Waals surface area contributed by atoms with Crippen molar-refractivity contribution in [1.29, 1.82) is 0 Å². The number of hydrogen-bond acceptors (Lipinski definition) is 6. The topological polar surface area (TPSA) is 87.9 Å². The van der Waals surface area contributed by atoms with E-state index in [0.717, 1.165) is 5.69 Å². The number of ketones is 1. The maximum atomic E-state index is 13.3. The molecule has 3 aromatic rings. The summed E-state index contributed by atoms with van der Waals surface area (Å²) in [5.41, 5.74) is 2.65. The largest absolute Gasteiger partial charge is 0.507 e. The number of hydrogen-bond donors (Lipinski definition) is 1. The molecule has 1 fully saturated rings. The number of aliphatic hydroxyl groups excluding tert-OH is 1. The summed E-state index contributed by atoms with van der Waals surface area (Å²) in [5.74, 6) is -0.938. The van der Waals surface area contributed by atoms with Gasteiger partial charge in [-0.3, -0.25) is 9.59 Å². The van der Waals surface area contributed by atoms with Crippen LogP contribution in [0.25, 0.3) is 11.4 Å². The smallest absolute Gasteiger partial charge is 0.295 e. The van der Waals surface area contributed by atoms with Gasteiger partial charge in [0.1, 0.15) is 11.5 Å². The van der Waals surface area contributed by atoms with Crippen molar-refractivity contribution < 1.29 is 19.4 Å². The maximum Gasteiger partial charge on any atom is 0.295 e. The highest BCUT2D eigenvalue weighted by Gasteiger charge is 2.46. The zero-order valence-corrected chi connectivity index (χ0v) is 20.4. The zero-order valence-electron chi connectivity index (χ0n) is 20.4. The minimum absolute atomic E-state index is 0.0538. The molecule has 2 heterocycles. The van der Waals surface area contributed by atoms with Gasteiger partial charge in [-0.05, 0) is 57.8 Å². The van der Waals surface area contributed by atoms with Gasteiger partial charge in [0.15, 0.2) is 0 Å². The number of para-hydroxylation sites is 1. The van der Waals surface area contributed by atoms with Crippen LogP contribution in [0, 0.1) is 6.92 Å². The van der Waals surface area contributed by atoms with E-state index in [9.17, 15) is 14.7 Å². The first-order valence-corrected chi connectivity index (χ1v) is 11.6. The Labute approximate surface area is 205 Å². The molecular formula is C27H30N4O4. The lowest BCUT2D eigenvalue weighted by Gasteiger charge is -2.26. The van der Waals surface area contributed by atoms with E-state index in [0.29, 0.717) is 42.3 Å². The van der Waals surface area contributed by atoms with E-state index in [-0.39, 0.29) is 11.3 Å². The molecule has 8 nitrogen and oxygen atoms in total. The number of ether oxygens (including phenoxy) is 1. The molecule has 0 radical (unpaired) electrons. The number of likely N-dealkylation sites (tertiary alicyclic amines) is 1. The van der Waals surface area contributed by atoms with Crippen LogP contribution in [0.2, 0.25) is 0 Å². The van der Waals surface area contributed by atoms with Crippen LogP contribution in [-0.4, -0.2) is 70.2 Å². The summed E-state index contributed by atoms with van der Waals surface area (Å²) in [4.78, 5) is 29.9. The third kappa shape index (κ3) is 4.70. The molecule has 4 rings (SSSR count). The number of rotatable bonds is 8. The first-order valence-electron chi connectivity index (χ1n) is 11.6. The van der Waals surface area contributed by atoms with Gasteiger partial charge in [-0.25, -0.2) is 4.68 Å². The highest BCUT2D eigenvalue weighted by atomic mass is 16.5. The summed E-state index contributed by atoms with van der Waals surface area (Å²) in [6, 6.07) is 16.1. The molecule has 1 N–H and O–H groups in total. The van der Waals surface area contributed by atoms with Gasteiger partial charge >= 0.3 is 0 Å². The van der Waals surface area contributed by atoms with E-state index in [2.05, 4.69) is 5.10 Å².